The van der Waals surface area contributed by atoms with Crippen LogP contribution in [0.15, 0.2) is 6.07 Å². The van der Waals surface area contributed by atoms with Crippen LogP contribution in [0.4, 0.5) is 4.39 Å². The number of benzene rings is 1. The topological polar surface area (TPSA) is 0 Å². The Morgan fingerprint density at radius 2 is 1.45 bits per heavy atom. The highest BCUT2D eigenvalue weighted by Gasteiger charge is 2.12. The third kappa shape index (κ3) is 1.73. The van der Waals surface area contributed by atoms with Crippen LogP contribution in [0.2, 0.25) is 20.1 Å². The lowest BCUT2D eigenvalue weighted by atomic mass is 10.3. The minimum absolute atomic E-state index is 0.0183. The molecule has 0 unspecified atom stereocenters. The molecule has 0 bridgehead atoms. The fraction of sp³-hybridized carbons (Fsp3) is 0. The van der Waals surface area contributed by atoms with Crippen molar-refractivity contribution < 1.29 is 4.39 Å². The predicted octanol–water partition coefficient (Wildman–Crippen LogP) is 4.44. The molecule has 0 saturated carbocycles. The van der Waals surface area contributed by atoms with Crippen LogP contribution in [0, 0.1) is 5.82 Å². The first kappa shape index (κ1) is 9.40. The van der Waals surface area contributed by atoms with Crippen molar-refractivity contribution in [2.24, 2.45) is 0 Å². The summed E-state index contributed by atoms with van der Waals surface area (Å²) in [6, 6.07) is 1.20. The third-order valence-corrected chi connectivity index (χ3v) is 2.57. The molecule has 0 aliphatic rings. The standard InChI is InChI=1S/C6HCl4F/c7-2-1-3(8)6(11)5(10)4(2)9/h1H. The Labute approximate surface area is 82.8 Å². The normalized spacial score (nSPS) is 10.3. The molecular formula is C6HCl4F. The molecule has 1 aromatic rings. The van der Waals surface area contributed by atoms with E-state index in [2.05, 4.69) is 0 Å². The van der Waals surface area contributed by atoms with E-state index >= 15 is 0 Å². The van der Waals surface area contributed by atoms with Crippen molar-refractivity contribution in [3.8, 4) is 0 Å². The van der Waals surface area contributed by atoms with Gasteiger partial charge in [0.2, 0.25) is 0 Å². The average molecular weight is 234 g/mol. The first-order valence-corrected chi connectivity index (χ1v) is 4.03. The van der Waals surface area contributed by atoms with E-state index in [1.54, 1.807) is 0 Å². The lowest BCUT2D eigenvalue weighted by Gasteiger charge is -2.01. The molecule has 0 amide bonds. The molecule has 0 aliphatic carbocycles. The van der Waals surface area contributed by atoms with Gasteiger partial charge in [-0.3, -0.25) is 0 Å². The Balaban J connectivity index is 3.46. The van der Waals surface area contributed by atoms with Crippen molar-refractivity contribution in [3.05, 3.63) is 32.0 Å². The highest BCUT2D eigenvalue weighted by molar-refractivity contribution is 6.49. The molecule has 0 N–H and O–H groups in total. The summed E-state index contributed by atoms with van der Waals surface area (Å²) in [4.78, 5) is 0. The summed E-state index contributed by atoms with van der Waals surface area (Å²) in [7, 11) is 0. The average Bonchev–Trinajstić information content (AvgIpc) is 1.97. The van der Waals surface area contributed by atoms with Crippen LogP contribution in [0.3, 0.4) is 0 Å². The molecule has 11 heavy (non-hydrogen) atoms. The summed E-state index contributed by atoms with van der Waals surface area (Å²) in [6.07, 6.45) is 0. The molecule has 0 heterocycles. The molecule has 0 fully saturated rings. The third-order valence-electron chi connectivity index (χ3n) is 1.06. The Bertz CT molecular complexity index is 271. The first-order chi connectivity index (χ1) is 5.04. The molecule has 60 valence electrons. The zero-order valence-electron chi connectivity index (χ0n) is 4.97. The Kier molecular flexibility index (Phi) is 2.87. The number of hydrogen-bond acceptors (Lipinski definition) is 0. The fourth-order valence-corrected chi connectivity index (χ4v) is 1.44. The Morgan fingerprint density at radius 1 is 0.909 bits per heavy atom. The van der Waals surface area contributed by atoms with E-state index in [9.17, 15) is 4.39 Å². The molecule has 0 radical (unpaired) electrons. The highest BCUT2D eigenvalue weighted by Crippen LogP contribution is 2.35. The maximum Gasteiger partial charge on any atom is 0.161 e. The zero-order valence-corrected chi connectivity index (χ0v) is 7.99. The number of halogens is 5. The summed E-state index contributed by atoms with van der Waals surface area (Å²) in [6.45, 7) is 0. The largest absolute Gasteiger partial charge is 0.204 e. The van der Waals surface area contributed by atoms with Crippen LogP contribution in [0.5, 0.6) is 0 Å². The maximum atomic E-state index is 12.8. The van der Waals surface area contributed by atoms with E-state index in [1.807, 2.05) is 0 Å². The molecule has 0 atom stereocenters. The van der Waals surface area contributed by atoms with Gasteiger partial charge in [0, 0.05) is 0 Å². The molecule has 0 saturated heterocycles. The minimum Gasteiger partial charge on any atom is -0.204 e. The van der Waals surface area contributed by atoms with E-state index in [0.717, 1.165) is 0 Å². The predicted molar refractivity (Wildman–Crippen MR) is 46.4 cm³/mol. The van der Waals surface area contributed by atoms with Gasteiger partial charge in [0.1, 0.15) is 0 Å². The minimum atomic E-state index is -0.747. The second-order valence-electron chi connectivity index (χ2n) is 1.78. The summed E-state index contributed by atoms with van der Waals surface area (Å²) in [5.74, 6) is -0.747. The first-order valence-electron chi connectivity index (χ1n) is 2.52. The summed E-state index contributed by atoms with van der Waals surface area (Å²) < 4.78 is 12.8. The van der Waals surface area contributed by atoms with Crippen molar-refractivity contribution in [3.63, 3.8) is 0 Å². The number of rotatable bonds is 0. The van der Waals surface area contributed by atoms with Crippen LogP contribution in [-0.4, -0.2) is 0 Å². The lowest BCUT2D eigenvalue weighted by molar-refractivity contribution is 0.629. The summed E-state index contributed by atoms with van der Waals surface area (Å²) >= 11 is 21.8. The van der Waals surface area contributed by atoms with Gasteiger partial charge in [-0.2, -0.15) is 0 Å². The maximum absolute atomic E-state index is 12.8. The molecule has 1 rings (SSSR count). The van der Waals surface area contributed by atoms with Crippen LogP contribution < -0.4 is 0 Å². The van der Waals surface area contributed by atoms with Crippen LogP contribution in [-0.2, 0) is 0 Å². The van der Waals surface area contributed by atoms with Gasteiger partial charge in [-0.25, -0.2) is 4.39 Å². The van der Waals surface area contributed by atoms with Gasteiger partial charge in [-0.15, -0.1) is 0 Å². The van der Waals surface area contributed by atoms with Gasteiger partial charge in [-0.1, -0.05) is 46.4 Å². The van der Waals surface area contributed by atoms with Crippen molar-refractivity contribution in [2.45, 2.75) is 0 Å². The zero-order chi connectivity index (χ0) is 8.59. The van der Waals surface area contributed by atoms with Crippen molar-refractivity contribution in [1.29, 1.82) is 0 Å². The molecule has 0 nitrogen and oxygen atoms in total. The van der Waals surface area contributed by atoms with Gasteiger partial charge >= 0.3 is 0 Å². The molecule has 5 heteroatoms. The Hall–Kier alpha value is 0.310. The van der Waals surface area contributed by atoms with Crippen molar-refractivity contribution in [2.75, 3.05) is 0 Å². The van der Waals surface area contributed by atoms with E-state index < -0.39 is 5.82 Å². The van der Waals surface area contributed by atoms with Gasteiger partial charge in [0.05, 0.1) is 20.1 Å². The summed E-state index contributed by atoms with van der Waals surface area (Å²) in [5.41, 5.74) is 0. The second-order valence-corrected chi connectivity index (χ2v) is 3.35. The van der Waals surface area contributed by atoms with Gasteiger partial charge in [-0.05, 0) is 6.07 Å². The van der Waals surface area contributed by atoms with E-state index in [-0.39, 0.29) is 20.1 Å². The van der Waals surface area contributed by atoms with Gasteiger partial charge in [0.15, 0.2) is 5.82 Å². The molecular weight excluding hydrogens is 233 g/mol. The van der Waals surface area contributed by atoms with Crippen LogP contribution in [0.25, 0.3) is 0 Å². The van der Waals surface area contributed by atoms with E-state index in [1.165, 1.54) is 6.07 Å². The molecule has 0 aliphatic heterocycles. The fourth-order valence-electron chi connectivity index (χ4n) is 0.544. The molecule has 0 aromatic heterocycles. The SMILES string of the molecule is Fc1c(Cl)cc(Cl)c(Cl)c1Cl. The Morgan fingerprint density at radius 3 is 2.00 bits per heavy atom. The smallest absolute Gasteiger partial charge is 0.161 e. The van der Waals surface area contributed by atoms with E-state index in [4.69, 9.17) is 46.4 Å². The van der Waals surface area contributed by atoms with E-state index in [0.29, 0.717) is 0 Å². The molecule has 1 aromatic carbocycles. The van der Waals surface area contributed by atoms with Crippen molar-refractivity contribution in [1.82, 2.24) is 0 Å². The highest BCUT2D eigenvalue weighted by atomic mass is 35.5. The second kappa shape index (κ2) is 3.36. The lowest BCUT2D eigenvalue weighted by Crippen LogP contribution is -1.81. The monoisotopic (exact) mass is 232 g/mol. The van der Waals surface area contributed by atoms with Crippen LogP contribution in [0.1, 0.15) is 0 Å². The van der Waals surface area contributed by atoms with Crippen LogP contribution >= 0.6 is 46.4 Å². The number of hydrogen-bond donors (Lipinski definition) is 0. The van der Waals surface area contributed by atoms with Crippen molar-refractivity contribution >= 4 is 46.4 Å². The van der Waals surface area contributed by atoms with Gasteiger partial charge in [0.25, 0.3) is 0 Å². The van der Waals surface area contributed by atoms with Gasteiger partial charge < -0.3 is 0 Å². The quantitative estimate of drug-likeness (QED) is 0.459. The summed E-state index contributed by atoms with van der Waals surface area (Å²) in [5, 5.41) is -0.258. The molecule has 0 spiro atoms.